The second-order valence-corrected chi connectivity index (χ2v) is 8.71. The molecule has 0 N–H and O–H groups in total. The van der Waals surface area contributed by atoms with Gasteiger partial charge >= 0.3 is 5.97 Å². The number of aryl methyl sites for hydroxylation is 1. The SMILES string of the molecule is COC(=O)c1ccc(COc2ccc3c(c2)CCC(CCN2CCCCC2)C3)cc1.Cl. The quantitative estimate of drug-likeness (QED) is 0.533. The molecule has 31 heavy (non-hydrogen) atoms. The van der Waals surface area contributed by atoms with E-state index < -0.39 is 0 Å². The van der Waals surface area contributed by atoms with E-state index in [0.29, 0.717) is 12.2 Å². The Morgan fingerprint density at radius 3 is 2.55 bits per heavy atom. The minimum Gasteiger partial charge on any atom is -0.489 e. The lowest BCUT2D eigenvalue weighted by Crippen LogP contribution is -2.32. The molecule has 2 aliphatic rings. The van der Waals surface area contributed by atoms with Crippen LogP contribution in [0.2, 0.25) is 0 Å². The lowest BCUT2D eigenvalue weighted by molar-refractivity contribution is 0.0600. The highest BCUT2D eigenvalue weighted by molar-refractivity contribution is 5.89. The monoisotopic (exact) mass is 443 g/mol. The zero-order valence-corrected chi connectivity index (χ0v) is 19.3. The molecule has 4 rings (SSSR count). The van der Waals surface area contributed by atoms with Gasteiger partial charge in [0.25, 0.3) is 0 Å². The molecule has 0 saturated carbocycles. The average Bonchev–Trinajstić information content (AvgIpc) is 2.81. The number of benzene rings is 2. The van der Waals surface area contributed by atoms with Crippen LogP contribution >= 0.6 is 12.4 Å². The van der Waals surface area contributed by atoms with Crippen LogP contribution in [-0.2, 0) is 24.2 Å². The lowest BCUT2D eigenvalue weighted by Gasteiger charge is -2.30. The molecule has 0 bridgehead atoms. The van der Waals surface area contributed by atoms with Gasteiger partial charge in [-0.05, 0) is 105 Å². The highest BCUT2D eigenvalue weighted by Crippen LogP contribution is 2.31. The van der Waals surface area contributed by atoms with E-state index in [1.165, 1.54) is 76.4 Å². The molecule has 1 fully saturated rings. The minimum atomic E-state index is -0.314. The molecule has 0 aromatic heterocycles. The van der Waals surface area contributed by atoms with Crippen molar-refractivity contribution in [2.45, 2.75) is 51.6 Å². The van der Waals surface area contributed by atoms with Gasteiger partial charge in [-0.3, -0.25) is 0 Å². The molecule has 1 atom stereocenters. The zero-order valence-electron chi connectivity index (χ0n) is 18.5. The Morgan fingerprint density at radius 1 is 1.03 bits per heavy atom. The summed E-state index contributed by atoms with van der Waals surface area (Å²) >= 11 is 0. The number of rotatable bonds is 7. The number of hydrogen-bond donors (Lipinski definition) is 0. The molecule has 168 valence electrons. The third-order valence-electron chi connectivity index (χ3n) is 6.59. The first-order valence-electron chi connectivity index (χ1n) is 11.4. The maximum atomic E-state index is 11.5. The van der Waals surface area contributed by atoms with E-state index in [4.69, 9.17) is 9.47 Å². The van der Waals surface area contributed by atoms with Crippen LogP contribution in [0.4, 0.5) is 0 Å². The molecule has 1 unspecified atom stereocenters. The van der Waals surface area contributed by atoms with Gasteiger partial charge in [0, 0.05) is 0 Å². The van der Waals surface area contributed by atoms with Crippen molar-refractivity contribution in [3.8, 4) is 5.75 Å². The number of carbonyl (C=O) groups excluding carboxylic acids is 1. The number of hydrogen-bond acceptors (Lipinski definition) is 4. The second kappa shape index (κ2) is 11.5. The van der Waals surface area contributed by atoms with Crippen molar-refractivity contribution in [1.82, 2.24) is 4.90 Å². The Kier molecular flexibility index (Phi) is 8.79. The molecule has 1 aliphatic carbocycles. The molecule has 2 aromatic rings. The van der Waals surface area contributed by atoms with E-state index >= 15 is 0 Å². The predicted octanol–water partition coefficient (Wildman–Crippen LogP) is 5.45. The Hall–Kier alpha value is -2.04. The first-order valence-corrected chi connectivity index (χ1v) is 11.4. The van der Waals surface area contributed by atoms with Crippen LogP contribution in [0.3, 0.4) is 0 Å². The summed E-state index contributed by atoms with van der Waals surface area (Å²) in [5.74, 6) is 1.43. The number of fused-ring (bicyclic) bond motifs is 1. The molecule has 1 saturated heterocycles. The Labute approximate surface area is 192 Å². The first kappa shape index (κ1) is 23.6. The molecular weight excluding hydrogens is 410 g/mol. The number of esters is 1. The van der Waals surface area contributed by atoms with Crippen molar-refractivity contribution in [3.05, 3.63) is 64.7 Å². The second-order valence-electron chi connectivity index (χ2n) is 8.71. The summed E-state index contributed by atoms with van der Waals surface area (Å²) in [6, 6.07) is 14.0. The fourth-order valence-electron chi connectivity index (χ4n) is 4.71. The van der Waals surface area contributed by atoms with Crippen LogP contribution in [0.1, 0.15) is 59.2 Å². The average molecular weight is 444 g/mol. The van der Waals surface area contributed by atoms with Gasteiger partial charge in [-0.25, -0.2) is 4.79 Å². The third-order valence-corrected chi connectivity index (χ3v) is 6.59. The van der Waals surface area contributed by atoms with Crippen molar-refractivity contribution in [2.24, 2.45) is 5.92 Å². The normalized spacial score (nSPS) is 18.5. The molecule has 0 amide bonds. The van der Waals surface area contributed by atoms with Gasteiger partial charge in [0.15, 0.2) is 0 Å². The number of halogens is 1. The summed E-state index contributed by atoms with van der Waals surface area (Å²) < 4.78 is 10.8. The van der Waals surface area contributed by atoms with Gasteiger partial charge in [-0.2, -0.15) is 0 Å². The van der Waals surface area contributed by atoms with E-state index in [1.807, 2.05) is 12.1 Å². The van der Waals surface area contributed by atoms with E-state index in [2.05, 4.69) is 23.1 Å². The molecular formula is C26H34ClNO3. The summed E-state index contributed by atoms with van der Waals surface area (Å²) in [4.78, 5) is 14.2. The van der Waals surface area contributed by atoms with Gasteiger partial charge < -0.3 is 14.4 Å². The molecule has 0 radical (unpaired) electrons. The summed E-state index contributed by atoms with van der Waals surface area (Å²) in [6.07, 6.45) is 9.16. The fourth-order valence-corrected chi connectivity index (χ4v) is 4.71. The van der Waals surface area contributed by atoms with Gasteiger partial charge in [0.05, 0.1) is 12.7 Å². The standard InChI is InChI=1S/C26H33NO3.ClH/c1-29-26(28)22-8-6-21(7-9-22)19-30-25-12-11-23-17-20(5-10-24(23)18-25)13-16-27-14-3-2-4-15-27;/h6-9,11-12,18,20H,2-5,10,13-17,19H2,1H3;1H. The summed E-state index contributed by atoms with van der Waals surface area (Å²) in [5.41, 5.74) is 4.55. The van der Waals surface area contributed by atoms with E-state index in [9.17, 15) is 4.79 Å². The predicted molar refractivity (Wildman–Crippen MR) is 126 cm³/mol. The largest absolute Gasteiger partial charge is 0.489 e. The number of piperidine rings is 1. The number of likely N-dealkylation sites (tertiary alicyclic amines) is 1. The third kappa shape index (κ3) is 6.47. The van der Waals surface area contributed by atoms with Gasteiger partial charge in [0.2, 0.25) is 0 Å². The smallest absolute Gasteiger partial charge is 0.337 e. The molecule has 1 heterocycles. The van der Waals surface area contributed by atoms with Crippen molar-refractivity contribution < 1.29 is 14.3 Å². The molecule has 4 nitrogen and oxygen atoms in total. The molecule has 2 aromatic carbocycles. The Morgan fingerprint density at radius 2 is 1.81 bits per heavy atom. The van der Waals surface area contributed by atoms with Crippen molar-refractivity contribution >= 4 is 18.4 Å². The van der Waals surface area contributed by atoms with Gasteiger partial charge in [-0.1, -0.05) is 24.6 Å². The lowest BCUT2D eigenvalue weighted by atomic mass is 9.82. The van der Waals surface area contributed by atoms with Gasteiger partial charge in [0.1, 0.15) is 12.4 Å². The molecule has 5 heteroatoms. The molecule has 0 spiro atoms. The van der Waals surface area contributed by atoms with Crippen molar-refractivity contribution in [2.75, 3.05) is 26.7 Å². The van der Waals surface area contributed by atoms with Crippen LogP contribution in [0.5, 0.6) is 5.75 Å². The highest BCUT2D eigenvalue weighted by atomic mass is 35.5. The molecule has 1 aliphatic heterocycles. The Bertz CT molecular complexity index is 846. The van der Waals surface area contributed by atoms with E-state index in [-0.39, 0.29) is 18.4 Å². The summed E-state index contributed by atoms with van der Waals surface area (Å²) in [5, 5.41) is 0. The van der Waals surface area contributed by atoms with Crippen molar-refractivity contribution in [3.63, 3.8) is 0 Å². The van der Waals surface area contributed by atoms with E-state index in [0.717, 1.165) is 23.7 Å². The van der Waals surface area contributed by atoms with Crippen LogP contribution in [0, 0.1) is 5.92 Å². The van der Waals surface area contributed by atoms with Crippen LogP contribution in [-0.4, -0.2) is 37.6 Å². The summed E-state index contributed by atoms with van der Waals surface area (Å²) in [6.45, 7) is 4.37. The van der Waals surface area contributed by atoms with Crippen LogP contribution in [0.25, 0.3) is 0 Å². The Balaban J connectivity index is 0.00000272. The maximum absolute atomic E-state index is 11.5. The first-order chi connectivity index (χ1) is 14.7. The van der Waals surface area contributed by atoms with E-state index in [1.54, 1.807) is 12.1 Å². The maximum Gasteiger partial charge on any atom is 0.337 e. The summed E-state index contributed by atoms with van der Waals surface area (Å²) in [7, 11) is 1.40. The zero-order chi connectivity index (χ0) is 20.8. The number of carbonyl (C=O) groups is 1. The minimum absolute atomic E-state index is 0. The van der Waals surface area contributed by atoms with Gasteiger partial charge in [-0.15, -0.1) is 12.4 Å². The fraction of sp³-hybridized carbons (Fsp3) is 0.500. The number of nitrogens with zero attached hydrogens (tertiary/aromatic N) is 1. The highest BCUT2D eigenvalue weighted by Gasteiger charge is 2.20. The number of ether oxygens (including phenoxy) is 2. The van der Waals surface area contributed by atoms with Crippen LogP contribution < -0.4 is 4.74 Å². The van der Waals surface area contributed by atoms with Crippen LogP contribution in [0.15, 0.2) is 42.5 Å². The van der Waals surface area contributed by atoms with Crippen molar-refractivity contribution in [1.29, 1.82) is 0 Å². The number of methoxy groups -OCH3 is 1. The topological polar surface area (TPSA) is 38.8 Å².